The summed E-state index contributed by atoms with van der Waals surface area (Å²) in [5.74, 6) is -2.01. The van der Waals surface area contributed by atoms with Crippen LogP contribution in [0.15, 0.2) is 16.5 Å². The number of halogens is 2. The smallest absolute Gasteiger partial charge is 0.289 e. The standard InChI is InChI=1S/C11H13F2NO3S/c12-11(13)18-7-8-1-2-9(17-8)10(15)14-3-5-16-6-4-14/h1-2,11H,3-7H2. The fourth-order valence-electron chi connectivity index (χ4n) is 1.64. The number of carbonyl (C=O) groups is 1. The van der Waals surface area contributed by atoms with E-state index in [0.29, 0.717) is 43.8 Å². The number of hydrogen-bond donors (Lipinski definition) is 0. The average molecular weight is 277 g/mol. The van der Waals surface area contributed by atoms with E-state index in [4.69, 9.17) is 9.15 Å². The Morgan fingerprint density at radius 3 is 2.78 bits per heavy atom. The van der Waals surface area contributed by atoms with E-state index in [1.807, 2.05) is 0 Å². The van der Waals surface area contributed by atoms with E-state index in [9.17, 15) is 13.6 Å². The third-order valence-electron chi connectivity index (χ3n) is 2.52. The largest absolute Gasteiger partial charge is 0.455 e. The van der Waals surface area contributed by atoms with Gasteiger partial charge in [0.1, 0.15) is 5.76 Å². The number of morpholine rings is 1. The molecule has 0 saturated carbocycles. The summed E-state index contributed by atoms with van der Waals surface area (Å²) < 4.78 is 34.4. The maximum atomic E-state index is 12.0. The molecular formula is C11H13F2NO3S. The van der Waals surface area contributed by atoms with Crippen LogP contribution in [0.4, 0.5) is 8.78 Å². The summed E-state index contributed by atoms with van der Waals surface area (Å²) in [4.78, 5) is 13.6. The molecule has 1 saturated heterocycles. The van der Waals surface area contributed by atoms with Crippen molar-refractivity contribution < 1.29 is 22.7 Å². The third-order valence-corrected chi connectivity index (χ3v) is 3.23. The quantitative estimate of drug-likeness (QED) is 0.846. The Morgan fingerprint density at radius 2 is 2.11 bits per heavy atom. The minimum Gasteiger partial charge on any atom is -0.455 e. The maximum Gasteiger partial charge on any atom is 0.289 e. The second-order valence-electron chi connectivity index (χ2n) is 3.74. The molecule has 1 aliphatic heterocycles. The topological polar surface area (TPSA) is 42.7 Å². The first-order valence-electron chi connectivity index (χ1n) is 5.52. The van der Waals surface area contributed by atoms with Crippen LogP contribution in [0.2, 0.25) is 0 Å². The predicted octanol–water partition coefficient (Wildman–Crippen LogP) is 2.21. The second kappa shape index (κ2) is 6.19. The van der Waals surface area contributed by atoms with Crippen LogP contribution in [0.5, 0.6) is 0 Å². The van der Waals surface area contributed by atoms with Gasteiger partial charge in [-0.25, -0.2) is 0 Å². The van der Waals surface area contributed by atoms with E-state index >= 15 is 0 Å². The molecule has 1 aromatic heterocycles. The van der Waals surface area contributed by atoms with Gasteiger partial charge in [-0.1, -0.05) is 11.8 Å². The Bertz CT molecular complexity index is 405. The molecule has 0 atom stereocenters. The predicted molar refractivity (Wildman–Crippen MR) is 62.7 cm³/mol. The van der Waals surface area contributed by atoms with E-state index < -0.39 is 5.76 Å². The zero-order valence-electron chi connectivity index (χ0n) is 9.60. The van der Waals surface area contributed by atoms with Crippen molar-refractivity contribution in [3.8, 4) is 0 Å². The van der Waals surface area contributed by atoms with Gasteiger partial charge >= 0.3 is 0 Å². The number of rotatable bonds is 4. The molecule has 0 N–H and O–H groups in total. The lowest BCUT2D eigenvalue weighted by atomic mass is 10.3. The highest BCUT2D eigenvalue weighted by molar-refractivity contribution is 7.98. The zero-order chi connectivity index (χ0) is 13.0. The van der Waals surface area contributed by atoms with Crippen molar-refractivity contribution in [3.63, 3.8) is 0 Å². The highest BCUT2D eigenvalue weighted by Crippen LogP contribution is 2.21. The first kappa shape index (κ1) is 13.4. The molecule has 0 spiro atoms. The summed E-state index contributed by atoms with van der Waals surface area (Å²) >= 11 is 0.473. The summed E-state index contributed by atoms with van der Waals surface area (Å²) in [5.41, 5.74) is 0. The molecule has 7 heteroatoms. The molecule has 0 aliphatic carbocycles. The lowest BCUT2D eigenvalue weighted by Crippen LogP contribution is -2.40. The molecular weight excluding hydrogens is 264 g/mol. The highest BCUT2D eigenvalue weighted by atomic mass is 32.2. The first-order chi connectivity index (χ1) is 8.66. The Morgan fingerprint density at radius 1 is 1.39 bits per heavy atom. The van der Waals surface area contributed by atoms with Crippen molar-refractivity contribution in [1.29, 1.82) is 0 Å². The fraction of sp³-hybridized carbons (Fsp3) is 0.545. The Balaban J connectivity index is 1.94. The number of furan rings is 1. The van der Waals surface area contributed by atoms with E-state index in [2.05, 4.69) is 0 Å². The van der Waals surface area contributed by atoms with Crippen LogP contribution < -0.4 is 0 Å². The lowest BCUT2D eigenvalue weighted by Gasteiger charge is -2.25. The van der Waals surface area contributed by atoms with E-state index in [1.165, 1.54) is 6.07 Å². The van der Waals surface area contributed by atoms with Crippen LogP contribution in [0.3, 0.4) is 0 Å². The monoisotopic (exact) mass is 277 g/mol. The van der Waals surface area contributed by atoms with E-state index in [1.54, 1.807) is 11.0 Å². The van der Waals surface area contributed by atoms with Crippen molar-refractivity contribution in [2.75, 3.05) is 26.3 Å². The van der Waals surface area contributed by atoms with Gasteiger partial charge < -0.3 is 14.1 Å². The molecule has 4 nitrogen and oxygen atoms in total. The summed E-state index contributed by atoms with van der Waals surface area (Å²) in [6.45, 7) is 2.09. The van der Waals surface area contributed by atoms with Crippen LogP contribution in [-0.2, 0) is 10.5 Å². The molecule has 1 aromatic rings. The number of carbonyl (C=O) groups excluding carboxylic acids is 1. The van der Waals surface area contributed by atoms with Crippen LogP contribution in [0.25, 0.3) is 0 Å². The van der Waals surface area contributed by atoms with Gasteiger partial charge in [-0.2, -0.15) is 8.78 Å². The van der Waals surface area contributed by atoms with Crippen LogP contribution >= 0.6 is 11.8 Å². The molecule has 2 rings (SSSR count). The fourth-order valence-corrected chi connectivity index (χ4v) is 2.08. The summed E-state index contributed by atoms with van der Waals surface area (Å²) in [5, 5.41) is 0. The van der Waals surface area contributed by atoms with E-state index in [-0.39, 0.29) is 17.4 Å². The molecule has 0 radical (unpaired) electrons. The van der Waals surface area contributed by atoms with Gasteiger partial charge in [0, 0.05) is 13.1 Å². The number of thioether (sulfide) groups is 1. The molecule has 1 aliphatic rings. The van der Waals surface area contributed by atoms with Crippen molar-refractivity contribution in [2.24, 2.45) is 0 Å². The van der Waals surface area contributed by atoms with Crippen LogP contribution in [-0.4, -0.2) is 42.9 Å². The van der Waals surface area contributed by atoms with Gasteiger partial charge in [0.05, 0.1) is 19.0 Å². The second-order valence-corrected chi connectivity index (χ2v) is 4.72. The van der Waals surface area contributed by atoms with Crippen LogP contribution in [0, 0.1) is 0 Å². The molecule has 100 valence electrons. The molecule has 0 unspecified atom stereocenters. The molecule has 1 amide bonds. The minimum absolute atomic E-state index is 0.0635. The molecule has 18 heavy (non-hydrogen) atoms. The Hall–Kier alpha value is -1.08. The van der Waals surface area contributed by atoms with Crippen molar-refractivity contribution in [3.05, 3.63) is 23.7 Å². The normalized spacial score (nSPS) is 16.3. The van der Waals surface area contributed by atoms with Crippen molar-refractivity contribution in [2.45, 2.75) is 11.5 Å². The van der Waals surface area contributed by atoms with Gasteiger partial charge in [-0.15, -0.1) is 0 Å². The molecule has 0 aromatic carbocycles. The zero-order valence-corrected chi connectivity index (χ0v) is 10.4. The summed E-state index contributed by atoms with van der Waals surface area (Å²) in [6, 6.07) is 3.09. The minimum atomic E-state index is -2.44. The summed E-state index contributed by atoms with van der Waals surface area (Å²) in [7, 11) is 0. The van der Waals surface area contributed by atoms with Gasteiger partial charge in [0.25, 0.3) is 11.7 Å². The van der Waals surface area contributed by atoms with Crippen LogP contribution in [0.1, 0.15) is 16.3 Å². The average Bonchev–Trinajstić information content (AvgIpc) is 2.85. The number of nitrogens with zero attached hydrogens (tertiary/aromatic N) is 1. The van der Waals surface area contributed by atoms with Gasteiger partial charge in [0.2, 0.25) is 0 Å². The SMILES string of the molecule is O=C(c1ccc(CSC(F)F)o1)N1CCOCC1. The molecule has 2 heterocycles. The third kappa shape index (κ3) is 3.46. The Labute approximate surface area is 107 Å². The first-order valence-corrected chi connectivity index (χ1v) is 6.57. The number of hydrogen-bond acceptors (Lipinski definition) is 4. The Kier molecular flexibility index (Phi) is 4.60. The van der Waals surface area contributed by atoms with E-state index in [0.717, 1.165) is 0 Å². The van der Waals surface area contributed by atoms with Crippen molar-refractivity contribution >= 4 is 17.7 Å². The van der Waals surface area contributed by atoms with Gasteiger partial charge in [-0.05, 0) is 12.1 Å². The van der Waals surface area contributed by atoms with Crippen molar-refractivity contribution in [1.82, 2.24) is 4.90 Å². The summed E-state index contributed by atoms with van der Waals surface area (Å²) in [6.07, 6.45) is 0. The van der Waals surface area contributed by atoms with Gasteiger partial charge in [-0.3, -0.25) is 4.79 Å². The highest BCUT2D eigenvalue weighted by Gasteiger charge is 2.21. The molecule has 1 fully saturated rings. The number of alkyl halides is 2. The molecule has 0 bridgehead atoms. The lowest BCUT2D eigenvalue weighted by molar-refractivity contribution is 0.0282. The maximum absolute atomic E-state index is 12.0. The van der Waals surface area contributed by atoms with Gasteiger partial charge in [0.15, 0.2) is 5.76 Å². The number of amides is 1. The number of ether oxygens (including phenoxy) is 1.